The molecule has 0 fully saturated rings. The lowest BCUT2D eigenvalue weighted by molar-refractivity contribution is -0.119. The molecule has 0 bridgehead atoms. The zero-order chi connectivity index (χ0) is 25.4. The zero-order valence-electron chi connectivity index (χ0n) is 19.8. The molecule has 3 N–H and O–H groups in total. The molecule has 8 heteroatoms. The molecule has 2 heterocycles. The van der Waals surface area contributed by atoms with Crippen molar-refractivity contribution in [2.75, 3.05) is 4.90 Å². The van der Waals surface area contributed by atoms with Crippen LogP contribution in [0.15, 0.2) is 84.9 Å². The van der Waals surface area contributed by atoms with E-state index in [1.807, 2.05) is 84.9 Å². The van der Waals surface area contributed by atoms with E-state index in [9.17, 15) is 9.59 Å². The predicted octanol–water partition coefficient (Wildman–Crippen LogP) is 4.27. The van der Waals surface area contributed by atoms with Crippen LogP contribution in [-0.4, -0.2) is 32.4 Å². The molecular formula is C29H22N6O2. The van der Waals surface area contributed by atoms with Crippen LogP contribution in [0.5, 0.6) is 0 Å². The van der Waals surface area contributed by atoms with Crippen molar-refractivity contribution in [3.8, 4) is 22.5 Å². The van der Waals surface area contributed by atoms with E-state index in [0.717, 1.165) is 38.6 Å². The molecule has 1 aliphatic heterocycles. The molecular weight excluding hydrogens is 464 g/mol. The lowest BCUT2D eigenvalue weighted by Gasteiger charge is -2.25. The normalized spacial score (nSPS) is 15.4. The first-order chi connectivity index (χ1) is 18.1. The highest BCUT2D eigenvalue weighted by molar-refractivity contribution is 6.07. The third-order valence-electron chi connectivity index (χ3n) is 6.77. The third kappa shape index (κ3) is 4.12. The molecule has 0 aliphatic carbocycles. The van der Waals surface area contributed by atoms with Crippen molar-refractivity contribution in [1.29, 1.82) is 0 Å². The maximum atomic E-state index is 13.2. The van der Waals surface area contributed by atoms with E-state index in [-0.39, 0.29) is 12.3 Å². The number of aromatic amines is 1. The molecule has 2 radical (unpaired) electrons. The van der Waals surface area contributed by atoms with E-state index in [0.29, 0.717) is 18.1 Å². The van der Waals surface area contributed by atoms with E-state index in [2.05, 4.69) is 27.0 Å². The number of nitrogens with two attached hydrogens (primary N) is 1. The Morgan fingerprint density at radius 3 is 2.49 bits per heavy atom. The van der Waals surface area contributed by atoms with Gasteiger partial charge in [-0.1, -0.05) is 78.9 Å². The number of rotatable bonds is 5. The summed E-state index contributed by atoms with van der Waals surface area (Å²) in [5.41, 5.74) is 11.1. The molecule has 1 aromatic heterocycles. The van der Waals surface area contributed by atoms with Gasteiger partial charge in [-0.3, -0.25) is 9.59 Å². The third-order valence-corrected chi connectivity index (χ3v) is 6.77. The van der Waals surface area contributed by atoms with E-state index >= 15 is 0 Å². The van der Waals surface area contributed by atoms with Crippen molar-refractivity contribution in [1.82, 2.24) is 20.6 Å². The van der Waals surface area contributed by atoms with Gasteiger partial charge in [0.05, 0.1) is 18.9 Å². The number of anilines is 1. The van der Waals surface area contributed by atoms with Crippen molar-refractivity contribution in [3.05, 3.63) is 102 Å². The summed E-state index contributed by atoms with van der Waals surface area (Å²) >= 11 is 0. The fourth-order valence-corrected chi connectivity index (χ4v) is 4.97. The Bertz CT molecular complexity index is 1610. The van der Waals surface area contributed by atoms with E-state index < -0.39 is 11.8 Å². The topological polar surface area (TPSA) is 118 Å². The van der Waals surface area contributed by atoms with Crippen LogP contribution in [0, 0.1) is 6.42 Å². The van der Waals surface area contributed by atoms with Gasteiger partial charge in [0, 0.05) is 11.3 Å². The zero-order valence-corrected chi connectivity index (χ0v) is 19.8. The molecule has 0 spiro atoms. The van der Waals surface area contributed by atoms with E-state index in [1.165, 1.54) is 0 Å². The van der Waals surface area contributed by atoms with E-state index in [4.69, 9.17) is 5.73 Å². The molecule has 8 nitrogen and oxygen atoms in total. The molecule has 1 atom stereocenters. The Hall–Kier alpha value is -4.85. The number of amides is 2. The van der Waals surface area contributed by atoms with Gasteiger partial charge in [0.1, 0.15) is 0 Å². The summed E-state index contributed by atoms with van der Waals surface area (Å²) in [5.74, 6) is -0.773. The van der Waals surface area contributed by atoms with Crippen LogP contribution < -0.4 is 10.6 Å². The van der Waals surface area contributed by atoms with Gasteiger partial charge in [-0.25, -0.2) is 5.10 Å². The SMILES string of the molecule is NC(=O)C1C[C]C(=O)N(Cc2ccc(-c3ccccc3-c3nnn[nH]3)cc2)c2ccc3ccccc3c21. The first-order valence-corrected chi connectivity index (χ1v) is 11.9. The summed E-state index contributed by atoms with van der Waals surface area (Å²) in [4.78, 5) is 27.3. The van der Waals surface area contributed by atoms with E-state index in [1.54, 1.807) is 4.90 Å². The summed E-state index contributed by atoms with van der Waals surface area (Å²) in [6.45, 7) is 0.330. The molecule has 0 saturated heterocycles. The van der Waals surface area contributed by atoms with Gasteiger partial charge in [0.2, 0.25) is 11.8 Å². The van der Waals surface area contributed by atoms with Crippen molar-refractivity contribution in [3.63, 3.8) is 0 Å². The summed E-state index contributed by atoms with van der Waals surface area (Å²) in [7, 11) is 0. The molecule has 1 unspecified atom stereocenters. The molecule has 37 heavy (non-hydrogen) atoms. The van der Waals surface area contributed by atoms with Gasteiger partial charge in [0.25, 0.3) is 0 Å². The second-order valence-corrected chi connectivity index (χ2v) is 8.94. The number of tetrazole rings is 1. The Labute approximate surface area is 213 Å². The first-order valence-electron chi connectivity index (χ1n) is 11.9. The Morgan fingerprint density at radius 2 is 1.73 bits per heavy atom. The molecule has 2 amide bonds. The van der Waals surface area contributed by atoms with Crippen molar-refractivity contribution >= 4 is 28.3 Å². The molecule has 5 aromatic rings. The quantitative estimate of drug-likeness (QED) is 0.385. The standard InChI is InChI=1S/C29H22N6O2/c30-28(37)24-14-16-26(36)35(25-15-13-19-5-1-2-7-22(19)27(24)25)17-18-9-11-20(12-10-18)21-6-3-4-8-23(21)29-31-33-34-32-29/h1-13,15,24H,14,17H2,(H2,30,37)(H,31,32,33,34). The summed E-state index contributed by atoms with van der Waals surface area (Å²) < 4.78 is 0. The number of benzene rings is 4. The fraction of sp³-hybridized carbons (Fsp3) is 0.103. The van der Waals surface area contributed by atoms with Crippen LogP contribution in [-0.2, 0) is 16.1 Å². The Balaban J connectivity index is 1.37. The van der Waals surface area contributed by atoms with Gasteiger partial charge >= 0.3 is 0 Å². The van der Waals surface area contributed by atoms with Crippen LogP contribution >= 0.6 is 0 Å². The highest BCUT2D eigenvalue weighted by Crippen LogP contribution is 2.40. The summed E-state index contributed by atoms with van der Waals surface area (Å²) in [6.07, 6.45) is 3.03. The Morgan fingerprint density at radius 1 is 0.973 bits per heavy atom. The maximum absolute atomic E-state index is 13.2. The van der Waals surface area contributed by atoms with Crippen molar-refractivity contribution in [2.24, 2.45) is 5.73 Å². The highest BCUT2D eigenvalue weighted by Gasteiger charge is 2.32. The number of fused-ring (bicyclic) bond motifs is 3. The largest absolute Gasteiger partial charge is 0.369 e. The molecule has 0 saturated carbocycles. The minimum absolute atomic E-state index is 0.151. The molecule has 1 aliphatic rings. The van der Waals surface area contributed by atoms with Gasteiger partial charge < -0.3 is 10.6 Å². The van der Waals surface area contributed by atoms with Gasteiger partial charge in [-0.2, -0.15) is 0 Å². The van der Waals surface area contributed by atoms with Gasteiger partial charge in [-0.15, -0.1) is 5.10 Å². The summed E-state index contributed by atoms with van der Waals surface area (Å²) in [6, 6.07) is 27.6. The van der Waals surface area contributed by atoms with Crippen molar-refractivity contribution in [2.45, 2.75) is 18.9 Å². The number of nitrogens with zero attached hydrogens (tertiary/aromatic N) is 4. The second-order valence-electron chi connectivity index (χ2n) is 8.94. The maximum Gasteiger partial charge on any atom is 0.235 e. The average molecular weight is 487 g/mol. The second kappa shape index (κ2) is 9.31. The lowest BCUT2D eigenvalue weighted by Crippen LogP contribution is -2.30. The smallest absolute Gasteiger partial charge is 0.235 e. The molecule has 4 aromatic carbocycles. The molecule has 6 rings (SSSR count). The van der Waals surface area contributed by atoms with Crippen LogP contribution in [0.25, 0.3) is 33.3 Å². The fourth-order valence-electron chi connectivity index (χ4n) is 4.97. The van der Waals surface area contributed by atoms with Crippen molar-refractivity contribution < 1.29 is 9.59 Å². The number of carbonyl (C=O) groups is 2. The number of H-pyrrole nitrogens is 1. The van der Waals surface area contributed by atoms with Crippen LogP contribution in [0.1, 0.15) is 23.5 Å². The number of hydrogen-bond donors (Lipinski definition) is 2. The van der Waals surface area contributed by atoms with Gasteiger partial charge in [0.15, 0.2) is 5.82 Å². The van der Waals surface area contributed by atoms with Crippen LogP contribution in [0.4, 0.5) is 5.69 Å². The number of aromatic nitrogens is 4. The number of hydrogen-bond acceptors (Lipinski definition) is 5. The number of nitrogens with one attached hydrogen (secondary N) is 1. The monoisotopic (exact) mass is 486 g/mol. The minimum atomic E-state index is -0.625. The number of primary amides is 1. The highest BCUT2D eigenvalue weighted by atomic mass is 16.2. The molecule has 180 valence electrons. The lowest BCUT2D eigenvalue weighted by atomic mass is 9.89. The van der Waals surface area contributed by atoms with Crippen LogP contribution in [0.3, 0.4) is 0 Å². The van der Waals surface area contributed by atoms with Crippen LogP contribution in [0.2, 0.25) is 0 Å². The summed E-state index contributed by atoms with van der Waals surface area (Å²) in [5, 5.41) is 16.1. The first kappa shape index (κ1) is 22.6. The Kier molecular flexibility index (Phi) is 5.69. The van der Waals surface area contributed by atoms with Gasteiger partial charge in [-0.05, 0) is 55.9 Å². The predicted molar refractivity (Wildman–Crippen MR) is 140 cm³/mol. The minimum Gasteiger partial charge on any atom is -0.369 e. The average Bonchev–Trinajstić information content (AvgIpc) is 3.42. The number of carbonyl (C=O) groups excluding carboxylic acids is 2.